The highest BCUT2D eigenvalue weighted by molar-refractivity contribution is 7.15. The summed E-state index contributed by atoms with van der Waals surface area (Å²) in [4.78, 5) is 6.19. The van der Waals surface area contributed by atoms with Crippen molar-refractivity contribution in [3.8, 4) is 10.6 Å². The number of aromatic nitrogens is 1. The van der Waals surface area contributed by atoms with Crippen molar-refractivity contribution in [2.75, 3.05) is 6.54 Å². The van der Waals surface area contributed by atoms with E-state index in [4.69, 9.17) is 10.7 Å². The van der Waals surface area contributed by atoms with Gasteiger partial charge in [-0.05, 0) is 19.9 Å². The molecule has 0 amide bonds. The molecule has 1 heterocycles. The third-order valence-electron chi connectivity index (χ3n) is 3.08. The average molecular weight is 274 g/mol. The predicted molar refractivity (Wildman–Crippen MR) is 83.7 cm³/mol. The molecule has 2 nitrogen and oxygen atoms in total. The SMILES string of the molecule is Cc1ccc(-c2nc(C(C)(C)C)c(CCN)s2)cc1. The topological polar surface area (TPSA) is 38.9 Å². The standard InChI is InChI=1S/C16H22N2S/c1-11-5-7-12(8-6-11)15-18-14(16(2,3)4)13(19-15)9-10-17/h5-8H,9-10,17H2,1-4H3. The molecule has 0 aliphatic carbocycles. The van der Waals surface area contributed by atoms with E-state index in [1.165, 1.54) is 21.7 Å². The predicted octanol–water partition coefficient (Wildman–Crippen LogP) is 3.92. The van der Waals surface area contributed by atoms with Crippen molar-refractivity contribution < 1.29 is 0 Å². The molecule has 3 heteroatoms. The summed E-state index contributed by atoms with van der Waals surface area (Å²) in [6, 6.07) is 8.56. The fraction of sp³-hybridized carbons (Fsp3) is 0.438. The Morgan fingerprint density at radius 1 is 1.16 bits per heavy atom. The van der Waals surface area contributed by atoms with Gasteiger partial charge in [-0.2, -0.15) is 0 Å². The van der Waals surface area contributed by atoms with Crippen LogP contribution in [-0.4, -0.2) is 11.5 Å². The second kappa shape index (κ2) is 5.43. The Hall–Kier alpha value is -1.19. The summed E-state index contributed by atoms with van der Waals surface area (Å²) in [5, 5.41) is 1.10. The van der Waals surface area contributed by atoms with Crippen LogP contribution < -0.4 is 5.73 Å². The molecule has 2 N–H and O–H groups in total. The van der Waals surface area contributed by atoms with Crippen LogP contribution in [-0.2, 0) is 11.8 Å². The van der Waals surface area contributed by atoms with Gasteiger partial charge in [-0.25, -0.2) is 4.98 Å². The molecule has 0 radical (unpaired) electrons. The zero-order chi connectivity index (χ0) is 14.0. The highest BCUT2D eigenvalue weighted by Gasteiger charge is 2.23. The highest BCUT2D eigenvalue weighted by atomic mass is 32.1. The molecule has 0 spiro atoms. The Kier molecular flexibility index (Phi) is 4.07. The number of aryl methyl sites for hydroxylation is 1. The molecule has 0 aliphatic rings. The number of hydrogen-bond donors (Lipinski definition) is 1. The van der Waals surface area contributed by atoms with Gasteiger partial charge in [-0.3, -0.25) is 0 Å². The maximum absolute atomic E-state index is 5.72. The summed E-state index contributed by atoms with van der Waals surface area (Å²) >= 11 is 1.78. The minimum absolute atomic E-state index is 0.0734. The monoisotopic (exact) mass is 274 g/mol. The van der Waals surface area contributed by atoms with Crippen molar-refractivity contribution in [3.05, 3.63) is 40.4 Å². The molecule has 2 aromatic rings. The van der Waals surface area contributed by atoms with E-state index in [0.717, 1.165) is 11.4 Å². The summed E-state index contributed by atoms with van der Waals surface area (Å²) in [5.41, 5.74) is 9.46. The van der Waals surface area contributed by atoms with Gasteiger partial charge in [0.05, 0.1) is 5.69 Å². The van der Waals surface area contributed by atoms with Crippen LogP contribution in [0, 0.1) is 6.92 Å². The van der Waals surface area contributed by atoms with E-state index in [-0.39, 0.29) is 5.41 Å². The summed E-state index contributed by atoms with van der Waals surface area (Å²) in [5.74, 6) is 0. The quantitative estimate of drug-likeness (QED) is 0.921. The third-order valence-corrected chi connectivity index (χ3v) is 4.24. The molecular formula is C16H22N2S. The van der Waals surface area contributed by atoms with Crippen LogP contribution in [0.1, 0.15) is 36.9 Å². The first-order valence-corrected chi connectivity index (χ1v) is 7.51. The number of rotatable bonds is 3. The smallest absolute Gasteiger partial charge is 0.123 e. The Morgan fingerprint density at radius 3 is 2.32 bits per heavy atom. The molecule has 0 unspecified atom stereocenters. The zero-order valence-electron chi connectivity index (χ0n) is 12.2. The van der Waals surface area contributed by atoms with Gasteiger partial charge in [-0.15, -0.1) is 11.3 Å². The van der Waals surface area contributed by atoms with E-state index in [1.54, 1.807) is 11.3 Å². The Bertz CT molecular complexity index is 547. The van der Waals surface area contributed by atoms with Gasteiger partial charge in [0.1, 0.15) is 5.01 Å². The molecule has 0 saturated heterocycles. The second-order valence-electron chi connectivity index (χ2n) is 5.95. The van der Waals surface area contributed by atoms with Crippen LogP contribution in [0.5, 0.6) is 0 Å². The Morgan fingerprint density at radius 2 is 1.79 bits per heavy atom. The van der Waals surface area contributed by atoms with Crippen molar-refractivity contribution in [1.82, 2.24) is 4.98 Å². The van der Waals surface area contributed by atoms with E-state index in [0.29, 0.717) is 6.54 Å². The summed E-state index contributed by atoms with van der Waals surface area (Å²) in [6.07, 6.45) is 0.913. The number of benzene rings is 1. The minimum Gasteiger partial charge on any atom is -0.330 e. The van der Waals surface area contributed by atoms with Gasteiger partial charge >= 0.3 is 0 Å². The summed E-state index contributed by atoms with van der Waals surface area (Å²) in [6.45, 7) is 9.41. The Balaban J connectivity index is 2.45. The van der Waals surface area contributed by atoms with Crippen LogP contribution in [0.15, 0.2) is 24.3 Å². The van der Waals surface area contributed by atoms with E-state index >= 15 is 0 Å². The lowest BCUT2D eigenvalue weighted by atomic mass is 9.91. The van der Waals surface area contributed by atoms with Crippen LogP contribution in [0.2, 0.25) is 0 Å². The van der Waals surface area contributed by atoms with E-state index in [9.17, 15) is 0 Å². The van der Waals surface area contributed by atoms with E-state index in [2.05, 4.69) is 52.0 Å². The fourth-order valence-corrected chi connectivity index (χ4v) is 3.35. The molecule has 1 aromatic heterocycles. The van der Waals surface area contributed by atoms with Gasteiger partial charge in [-0.1, -0.05) is 50.6 Å². The molecule has 2 rings (SSSR count). The van der Waals surface area contributed by atoms with Crippen molar-refractivity contribution in [3.63, 3.8) is 0 Å². The second-order valence-corrected chi connectivity index (χ2v) is 7.03. The van der Waals surface area contributed by atoms with Gasteiger partial charge in [0.15, 0.2) is 0 Å². The third kappa shape index (κ3) is 3.23. The zero-order valence-corrected chi connectivity index (χ0v) is 13.0. The van der Waals surface area contributed by atoms with Crippen LogP contribution in [0.25, 0.3) is 10.6 Å². The molecule has 0 fully saturated rings. The lowest BCUT2D eigenvalue weighted by Crippen LogP contribution is -2.15. The number of thiazole rings is 1. The van der Waals surface area contributed by atoms with Gasteiger partial charge < -0.3 is 5.73 Å². The van der Waals surface area contributed by atoms with Crippen molar-refractivity contribution in [2.24, 2.45) is 5.73 Å². The molecule has 0 saturated carbocycles. The van der Waals surface area contributed by atoms with Crippen molar-refractivity contribution in [1.29, 1.82) is 0 Å². The van der Waals surface area contributed by atoms with Crippen LogP contribution in [0.3, 0.4) is 0 Å². The van der Waals surface area contributed by atoms with Crippen LogP contribution in [0.4, 0.5) is 0 Å². The van der Waals surface area contributed by atoms with E-state index < -0.39 is 0 Å². The summed E-state index contributed by atoms with van der Waals surface area (Å²) < 4.78 is 0. The first-order chi connectivity index (χ1) is 8.91. The lowest BCUT2D eigenvalue weighted by Gasteiger charge is -2.17. The van der Waals surface area contributed by atoms with Gasteiger partial charge in [0.25, 0.3) is 0 Å². The van der Waals surface area contributed by atoms with Crippen molar-refractivity contribution >= 4 is 11.3 Å². The molecule has 102 valence electrons. The first kappa shape index (κ1) is 14.2. The average Bonchev–Trinajstić information content (AvgIpc) is 2.74. The maximum atomic E-state index is 5.72. The molecule has 1 aromatic carbocycles. The molecule has 0 bridgehead atoms. The highest BCUT2D eigenvalue weighted by Crippen LogP contribution is 2.34. The normalized spacial score (nSPS) is 11.8. The number of nitrogens with two attached hydrogens (primary N) is 1. The maximum Gasteiger partial charge on any atom is 0.123 e. The lowest BCUT2D eigenvalue weighted by molar-refractivity contribution is 0.566. The number of nitrogens with zero attached hydrogens (tertiary/aromatic N) is 1. The minimum atomic E-state index is 0.0734. The molecule has 0 aliphatic heterocycles. The fourth-order valence-electron chi connectivity index (χ4n) is 2.06. The van der Waals surface area contributed by atoms with Crippen molar-refractivity contribution in [2.45, 2.75) is 39.5 Å². The molecule has 0 atom stereocenters. The molecule has 19 heavy (non-hydrogen) atoms. The number of hydrogen-bond acceptors (Lipinski definition) is 3. The van der Waals surface area contributed by atoms with Gasteiger partial charge in [0.2, 0.25) is 0 Å². The van der Waals surface area contributed by atoms with E-state index in [1.807, 2.05) is 0 Å². The Labute approximate surface area is 119 Å². The van der Waals surface area contributed by atoms with Crippen LogP contribution >= 0.6 is 11.3 Å². The van der Waals surface area contributed by atoms with Gasteiger partial charge in [0, 0.05) is 15.9 Å². The molecular weight excluding hydrogens is 252 g/mol. The summed E-state index contributed by atoms with van der Waals surface area (Å²) in [7, 11) is 0. The first-order valence-electron chi connectivity index (χ1n) is 6.69. The largest absolute Gasteiger partial charge is 0.330 e.